The van der Waals surface area contributed by atoms with Gasteiger partial charge in [-0.3, -0.25) is 9.59 Å². The van der Waals surface area contributed by atoms with Crippen molar-refractivity contribution in [1.82, 2.24) is 25.3 Å². The van der Waals surface area contributed by atoms with Crippen LogP contribution in [0, 0.1) is 11.7 Å². The van der Waals surface area contributed by atoms with E-state index in [-0.39, 0.29) is 29.7 Å². The smallest absolute Gasteiger partial charge is 0.266 e. The van der Waals surface area contributed by atoms with Crippen LogP contribution in [0.5, 0.6) is 5.75 Å². The number of hydrogen-bond acceptors (Lipinski definition) is 7. The number of amides is 1. The Morgan fingerprint density at radius 2 is 1.69 bits per heavy atom. The third-order valence-corrected chi connectivity index (χ3v) is 6.78. The Hall–Kier alpha value is -4.60. The van der Waals surface area contributed by atoms with Gasteiger partial charge in [0.2, 0.25) is 5.91 Å². The number of benzene rings is 2. The first-order chi connectivity index (χ1) is 19.0. The molecule has 1 amide bonds. The van der Waals surface area contributed by atoms with Crippen LogP contribution >= 0.6 is 0 Å². The van der Waals surface area contributed by atoms with Crippen molar-refractivity contribution in [3.8, 4) is 28.3 Å². The summed E-state index contributed by atoms with van der Waals surface area (Å²) in [6.07, 6.45) is 1.62. The molecule has 10 heteroatoms. The molecule has 1 fully saturated rings. The maximum atomic E-state index is 13.2. The van der Waals surface area contributed by atoms with E-state index < -0.39 is 0 Å². The summed E-state index contributed by atoms with van der Waals surface area (Å²) in [6.45, 7) is 1.87. The molecule has 3 heterocycles. The Labute approximate surface area is 225 Å². The van der Waals surface area contributed by atoms with Gasteiger partial charge in [0, 0.05) is 36.8 Å². The molecule has 1 N–H and O–H groups in total. The normalized spacial score (nSPS) is 15.1. The molecule has 0 saturated carbocycles. The highest BCUT2D eigenvalue weighted by atomic mass is 19.1. The van der Waals surface area contributed by atoms with Gasteiger partial charge in [0.15, 0.2) is 5.82 Å². The van der Waals surface area contributed by atoms with Crippen molar-refractivity contribution in [2.24, 2.45) is 5.92 Å². The zero-order chi connectivity index (χ0) is 27.2. The van der Waals surface area contributed by atoms with Gasteiger partial charge in [-0.25, -0.2) is 9.07 Å². The molecule has 4 aromatic rings. The van der Waals surface area contributed by atoms with Gasteiger partial charge in [-0.1, -0.05) is 0 Å². The second-order valence-corrected chi connectivity index (χ2v) is 9.37. The minimum absolute atomic E-state index is 0.0602. The molecule has 1 saturated heterocycles. The minimum Gasteiger partial charge on any atom is -0.497 e. The number of nitrogens with one attached hydrogen (secondary N) is 1. The molecular weight excluding hydrogens is 499 g/mol. The summed E-state index contributed by atoms with van der Waals surface area (Å²) in [4.78, 5) is 27.3. The molecule has 2 aromatic heterocycles. The number of methoxy groups -OCH3 is 1. The third kappa shape index (κ3) is 6.28. The molecule has 200 valence electrons. The Balaban J connectivity index is 1.16. The van der Waals surface area contributed by atoms with Gasteiger partial charge >= 0.3 is 0 Å². The number of rotatable bonds is 8. The van der Waals surface area contributed by atoms with Crippen molar-refractivity contribution in [1.29, 1.82) is 0 Å². The molecule has 1 unspecified atom stereocenters. The molecule has 1 aliphatic heterocycles. The van der Waals surface area contributed by atoms with Gasteiger partial charge in [-0.2, -0.15) is 5.10 Å². The van der Waals surface area contributed by atoms with Crippen molar-refractivity contribution >= 4 is 11.7 Å². The Morgan fingerprint density at radius 3 is 2.41 bits per heavy atom. The van der Waals surface area contributed by atoms with Crippen molar-refractivity contribution in [3.63, 3.8) is 0 Å². The minimum atomic E-state index is -0.300. The molecule has 9 nitrogen and oxygen atoms in total. The topological polar surface area (TPSA) is 102 Å². The van der Waals surface area contributed by atoms with E-state index in [4.69, 9.17) is 4.74 Å². The van der Waals surface area contributed by atoms with Gasteiger partial charge in [0.25, 0.3) is 5.56 Å². The van der Waals surface area contributed by atoms with Crippen LogP contribution in [0.25, 0.3) is 22.5 Å². The van der Waals surface area contributed by atoms with Crippen molar-refractivity contribution in [2.45, 2.75) is 19.4 Å². The lowest BCUT2D eigenvalue weighted by Crippen LogP contribution is -2.44. The monoisotopic (exact) mass is 528 g/mol. The highest BCUT2D eigenvalue weighted by Crippen LogP contribution is 2.24. The molecule has 0 bridgehead atoms. The van der Waals surface area contributed by atoms with E-state index >= 15 is 0 Å². The van der Waals surface area contributed by atoms with Crippen LogP contribution in [0.2, 0.25) is 0 Å². The zero-order valence-electron chi connectivity index (χ0n) is 21.6. The molecule has 0 aliphatic carbocycles. The van der Waals surface area contributed by atoms with E-state index in [0.29, 0.717) is 30.3 Å². The number of nitrogens with zero attached hydrogens (tertiary/aromatic N) is 5. The summed E-state index contributed by atoms with van der Waals surface area (Å²) in [5.41, 5.74) is 2.75. The molecule has 39 heavy (non-hydrogen) atoms. The van der Waals surface area contributed by atoms with Gasteiger partial charge in [-0.05, 0) is 79.6 Å². The summed E-state index contributed by atoms with van der Waals surface area (Å²) >= 11 is 0. The van der Waals surface area contributed by atoms with Gasteiger partial charge in [0.1, 0.15) is 11.6 Å². The fourth-order valence-corrected chi connectivity index (χ4v) is 4.62. The highest BCUT2D eigenvalue weighted by Gasteiger charge is 2.26. The van der Waals surface area contributed by atoms with Gasteiger partial charge in [-0.15, -0.1) is 10.2 Å². The quantitative estimate of drug-likeness (QED) is 0.373. The molecule has 2 aromatic carbocycles. The lowest BCUT2D eigenvalue weighted by molar-refractivity contribution is -0.125. The first-order valence-electron chi connectivity index (χ1n) is 12.8. The number of aromatic nitrogens is 4. The number of halogens is 1. The third-order valence-electron chi connectivity index (χ3n) is 6.78. The van der Waals surface area contributed by atoms with Crippen LogP contribution < -0.4 is 20.5 Å². The maximum absolute atomic E-state index is 13.2. The second-order valence-electron chi connectivity index (χ2n) is 9.37. The summed E-state index contributed by atoms with van der Waals surface area (Å²) in [7, 11) is 1.61. The van der Waals surface area contributed by atoms with E-state index in [9.17, 15) is 14.0 Å². The predicted molar refractivity (Wildman–Crippen MR) is 146 cm³/mol. The first-order valence-corrected chi connectivity index (χ1v) is 12.8. The second kappa shape index (κ2) is 11.8. The Kier molecular flexibility index (Phi) is 7.91. The van der Waals surface area contributed by atoms with Crippen molar-refractivity contribution < 1.29 is 13.9 Å². The average molecular weight is 529 g/mol. The molecule has 5 rings (SSSR count). The molecule has 0 radical (unpaired) electrons. The molecule has 1 atom stereocenters. The molecule has 0 spiro atoms. The van der Waals surface area contributed by atoms with Crippen LogP contribution in [0.3, 0.4) is 0 Å². The standard InChI is InChI=1S/C29H29FN6O3/c1-39-24-10-6-21(7-11-24)26-13-15-28(37)36(34-26)18-16-31-29(38)22-3-2-17-35(19-22)27-14-12-25(32-33-27)20-4-8-23(30)9-5-20/h4-15,22H,2-3,16-19H2,1H3,(H,31,38). The Morgan fingerprint density at radius 1 is 0.974 bits per heavy atom. The maximum Gasteiger partial charge on any atom is 0.266 e. The lowest BCUT2D eigenvalue weighted by atomic mass is 9.97. The SMILES string of the molecule is COc1ccc(-c2ccc(=O)n(CCNC(=O)C3CCCN(c4ccc(-c5ccc(F)cc5)nn4)C3)n2)cc1. The first kappa shape index (κ1) is 26.0. The number of carbonyl (C=O) groups is 1. The number of carbonyl (C=O) groups excluding carboxylic acids is 1. The van der Waals surface area contributed by atoms with Crippen LogP contribution in [0.15, 0.2) is 77.6 Å². The fraction of sp³-hybridized carbons (Fsp3) is 0.276. The van der Waals surface area contributed by atoms with Gasteiger partial charge in [0.05, 0.1) is 31.0 Å². The summed E-state index contributed by atoms with van der Waals surface area (Å²) in [5, 5.41) is 16.1. The number of anilines is 1. The van der Waals surface area contributed by atoms with Crippen LogP contribution in [0.1, 0.15) is 12.8 Å². The largest absolute Gasteiger partial charge is 0.497 e. The Bertz CT molecular complexity index is 1470. The summed E-state index contributed by atoms with van der Waals surface area (Å²) in [5.74, 6) is 0.878. The summed E-state index contributed by atoms with van der Waals surface area (Å²) in [6, 6.07) is 20.5. The molecule has 1 aliphatic rings. The fourth-order valence-electron chi connectivity index (χ4n) is 4.62. The van der Waals surface area contributed by atoms with Crippen molar-refractivity contribution in [2.75, 3.05) is 31.6 Å². The average Bonchev–Trinajstić information content (AvgIpc) is 2.98. The highest BCUT2D eigenvalue weighted by molar-refractivity contribution is 5.79. The van der Waals surface area contributed by atoms with Gasteiger partial charge < -0.3 is 15.0 Å². The van der Waals surface area contributed by atoms with Crippen LogP contribution in [-0.2, 0) is 11.3 Å². The van der Waals surface area contributed by atoms with Crippen molar-refractivity contribution in [3.05, 3.63) is 89.0 Å². The lowest BCUT2D eigenvalue weighted by Gasteiger charge is -2.32. The van der Waals surface area contributed by atoms with E-state index in [1.54, 1.807) is 25.3 Å². The van der Waals surface area contributed by atoms with Crippen LogP contribution in [0.4, 0.5) is 10.2 Å². The zero-order valence-corrected chi connectivity index (χ0v) is 21.6. The summed E-state index contributed by atoms with van der Waals surface area (Å²) < 4.78 is 19.8. The number of ether oxygens (including phenoxy) is 1. The van der Waals surface area contributed by atoms with E-state index in [2.05, 4.69) is 25.5 Å². The molecular formula is C29H29FN6O3. The number of hydrogen-bond donors (Lipinski definition) is 1. The number of piperidine rings is 1. The van der Waals surface area contributed by atoms with E-state index in [1.807, 2.05) is 36.4 Å². The van der Waals surface area contributed by atoms with E-state index in [0.717, 1.165) is 36.3 Å². The van der Waals surface area contributed by atoms with Crippen LogP contribution in [-0.4, -0.2) is 52.6 Å². The predicted octanol–water partition coefficient (Wildman–Crippen LogP) is 3.55. The van der Waals surface area contributed by atoms with E-state index in [1.165, 1.54) is 22.9 Å².